The molecule has 0 unspecified atom stereocenters. The smallest absolute Gasteiger partial charge is 0.311 e. The van der Waals surface area contributed by atoms with Gasteiger partial charge in [-0.1, -0.05) is 6.92 Å². The van der Waals surface area contributed by atoms with Gasteiger partial charge in [-0.05, 0) is 20.8 Å². The molecule has 0 N–H and O–H groups in total. The third kappa shape index (κ3) is 2.92. The third-order valence-corrected chi connectivity index (χ3v) is 2.74. The molecule has 4 heteroatoms. The Bertz CT molecular complexity index is 237. The van der Waals surface area contributed by atoms with E-state index in [4.69, 9.17) is 14.2 Å². The normalized spacial score (nSPS) is 32.1. The van der Waals surface area contributed by atoms with E-state index in [1.807, 2.05) is 27.7 Å². The molecule has 1 rings (SSSR count). The lowest BCUT2D eigenvalue weighted by molar-refractivity contribution is -0.298. The third-order valence-electron chi connectivity index (χ3n) is 2.74. The lowest BCUT2D eigenvalue weighted by Crippen LogP contribution is -2.49. The fraction of sp³-hybridized carbons (Fsp3) is 0.909. The lowest BCUT2D eigenvalue weighted by atomic mass is 9.92. The molecule has 0 aromatic heterocycles. The van der Waals surface area contributed by atoms with Crippen LogP contribution in [0.1, 0.15) is 27.7 Å². The van der Waals surface area contributed by atoms with E-state index in [0.717, 1.165) is 0 Å². The Balaban J connectivity index is 2.69. The summed E-state index contributed by atoms with van der Waals surface area (Å²) < 4.78 is 16.0. The molecule has 0 amide bonds. The van der Waals surface area contributed by atoms with E-state index < -0.39 is 5.79 Å². The van der Waals surface area contributed by atoms with Crippen molar-refractivity contribution >= 4 is 5.97 Å². The van der Waals surface area contributed by atoms with E-state index in [1.54, 1.807) is 0 Å². The zero-order chi connectivity index (χ0) is 11.6. The second kappa shape index (κ2) is 4.49. The van der Waals surface area contributed by atoms with Gasteiger partial charge in [-0.15, -0.1) is 0 Å². The molecule has 1 aliphatic heterocycles. The van der Waals surface area contributed by atoms with Crippen molar-refractivity contribution in [1.82, 2.24) is 0 Å². The van der Waals surface area contributed by atoms with Gasteiger partial charge >= 0.3 is 5.97 Å². The number of methoxy groups -OCH3 is 1. The maximum Gasteiger partial charge on any atom is 0.311 e. The number of rotatable bonds is 2. The summed E-state index contributed by atoms with van der Waals surface area (Å²) in [6, 6.07) is 0. The predicted molar refractivity (Wildman–Crippen MR) is 55.2 cm³/mol. The number of ether oxygens (including phenoxy) is 3. The summed E-state index contributed by atoms with van der Waals surface area (Å²) in [5, 5.41) is 0. The Morgan fingerprint density at radius 1 is 1.53 bits per heavy atom. The molecule has 0 aromatic carbocycles. The average Bonchev–Trinajstić information content (AvgIpc) is 2.19. The van der Waals surface area contributed by atoms with Gasteiger partial charge in [0.15, 0.2) is 5.79 Å². The van der Waals surface area contributed by atoms with E-state index in [0.29, 0.717) is 6.61 Å². The van der Waals surface area contributed by atoms with Crippen molar-refractivity contribution in [1.29, 1.82) is 0 Å². The average molecular weight is 216 g/mol. The van der Waals surface area contributed by atoms with Crippen LogP contribution in [0, 0.1) is 11.8 Å². The second-order valence-corrected chi connectivity index (χ2v) is 4.58. The van der Waals surface area contributed by atoms with Crippen molar-refractivity contribution in [3.8, 4) is 0 Å². The largest absolute Gasteiger partial charge is 0.469 e. The summed E-state index contributed by atoms with van der Waals surface area (Å²) in [5.41, 5.74) is 0. The van der Waals surface area contributed by atoms with Crippen LogP contribution in [0.15, 0.2) is 0 Å². The van der Waals surface area contributed by atoms with Crippen LogP contribution in [0.3, 0.4) is 0 Å². The predicted octanol–water partition coefficient (Wildman–Crippen LogP) is 1.58. The Morgan fingerprint density at radius 2 is 2.13 bits per heavy atom. The van der Waals surface area contributed by atoms with Crippen molar-refractivity contribution < 1.29 is 19.0 Å². The Hall–Kier alpha value is -0.610. The monoisotopic (exact) mass is 216 g/mol. The molecule has 0 spiro atoms. The fourth-order valence-corrected chi connectivity index (χ4v) is 1.82. The Morgan fingerprint density at radius 3 is 2.67 bits per heavy atom. The van der Waals surface area contributed by atoms with Crippen molar-refractivity contribution in [2.24, 2.45) is 11.8 Å². The van der Waals surface area contributed by atoms with Crippen molar-refractivity contribution in [3.05, 3.63) is 0 Å². The lowest BCUT2D eigenvalue weighted by Gasteiger charge is -2.41. The van der Waals surface area contributed by atoms with Crippen LogP contribution in [-0.4, -0.2) is 31.6 Å². The molecule has 4 nitrogen and oxygen atoms in total. The first-order valence-electron chi connectivity index (χ1n) is 5.27. The minimum atomic E-state index is -0.612. The minimum absolute atomic E-state index is 0.138. The number of carbonyl (C=O) groups excluding carboxylic acids is 1. The zero-order valence-corrected chi connectivity index (χ0v) is 10.1. The van der Waals surface area contributed by atoms with Gasteiger partial charge in [0, 0.05) is 5.92 Å². The molecule has 0 aliphatic carbocycles. The summed E-state index contributed by atoms with van der Waals surface area (Å²) in [5.74, 6) is -0.899. The molecule has 88 valence electrons. The molecule has 0 bridgehead atoms. The summed E-state index contributed by atoms with van der Waals surface area (Å²) in [6.07, 6.45) is -0.138. The molecule has 1 saturated heterocycles. The minimum Gasteiger partial charge on any atom is -0.469 e. The van der Waals surface area contributed by atoms with E-state index in [2.05, 4.69) is 0 Å². The summed E-state index contributed by atoms with van der Waals surface area (Å²) >= 11 is 0. The van der Waals surface area contributed by atoms with Gasteiger partial charge < -0.3 is 14.2 Å². The number of hydrogen-bond acceptors (Lipinski definition) is 4. The number of hydrogen-bond donors (Lipinski definition) is 0. The van der Waals surface area contributed by atoms with E-state index >= 15 is 0 Å². The van der Waals surface area contributed by atoms with Crippen molar-refractivity contribution in [3.63, 3.8) is 0 Å². The summed E-state index contributed by atoms with van der Waals surface area (Å²) in [7, 11) is 1.40. The Labute approximate surface area is 90.9 Å². The van der Waals surface area contributed by atoms with Gasteiger partial charge in [-0.2, -0.15) is 0 Å². The molecule has 0 saturated carbocycles. The highest BCUT2D eigenvalue weighted by molar-refractivity contribution is 5.72. The summed E-state index contributed by atoms with van der Waals surface area (Å²) in [6.45, 7) is 8.17. The summed E-state index contributed by atoms with van der Waals surface area (Å²) in [4.78, 5) is 11.4. The van der Waals surface area contributed by atoms with Gasteiger partial charge in [0.2, 0.25) is 0 Å². The first kappa shape index (κ1) is 12.5. The molecule has 1 aliphatic rings. The van der Waals surface area contributed by atoms with Crippen LogP contribution in [0.25, 0.3) is 0 Å². The van der Waals surface area contributed by atoms with E-state index in [-0.39, 0.29) is 23.9 Å². The Kier molecular flexibility index (Phi) is 3.73. The highest BCUT2D eigenvalue weighted by Crippen LogP contribution is 2.30. The quantitative estimate of drug-likeness (QED) is 0.657. The molecule has 1 heterocycles. The van der Waals surface area contributed by atoms with Crippen molar-refractivity contribution in [2.75, 3.05) is 13.7 Å². The van der Waals surface area contributed by atoms with E-state index in [9.17, 15) is 4.79 Å². The second-order valence-electron chi connectivity index (χ2n) is 4.58. The molecular formula is C11H20O4. The van der Waals surface area contributed by atoms with Crippen LogP contribution in [0.4, 0.5) is 0 Å². The maximum atomic E-state index is 11.4. The topological polar surface area (TPSA) is 44.8 Å². The zero-order valence-electron chi connectivity index (χ0n) is 10.1. The van der Waals surface area contributed by atoms with Crippen molar-refractivity contribution in [2.45, 2.75) is 39.6 Å². The standard InChI is InChI=1S/C11H20O4/c1-7-6-14-11(3,4)15-9(7)8(2)10(12)13-5/h7-9H,6H2,1-5H3/t7-,8+,9-/m1/s1. The highest BCUT2D eigenvalue weighted by atomic mass is 16.7. The molecular weight excluding hydrogens is 196 g/mol. The van der Waals surface area contributed by atoms with Crippen LogP contribution in [0.5, 0.6) is 0 Å². The van der Waals surface area contributed by atoms with Gasteiger partial charge in [0.1, 0.15) is 0 Å². The maximum absolute atomic E-state index is 11.4. The number of carbonyl (C=O) groups is 1. The molecule has 0 radical (unpaired) electrons. The number of esters is 1. The first-order chi connectivity index (χ1) is 6.87. The van der Waals surface area contributed by atoms with Gasteiger partial charge in [0.05, 0.1) is 25.7 Å². The van der Waals surface area contributed by atoms with Crippen LogP contribution >= 0.6 is 0 Å². The van der Waals surface area contributed by atoms with Crippen LogP contribution < -0.4 is 0 Å². The van der Waals surface area contributed by atoms with E-state index in [1.165, 1.54) is 7.11 Å². The molecule has 1 fully saturated rings. The SMILES string of the molecule is COC(=O)[C@@H](C)[C@@H]1OC(C)(C)OC[C@H]1C. The molecule has 0 aromatic rings. The van der Waals surface area contributed by atoms with Gasteiger partial charge in [-0.25, -0.2) is 0 Å². The molecule has 3 atom stereocenters. The first-order valence-corrected chi connectivity index (χ1v) is 5.27. The van der Waals surface area contributed by atoms with Gasteiger partial charge in [-0.3, -0.25) is 4.79 Å². The van der Waals surface area contributed by atoms with Gasteiger partial charge in [0.25, 0.3) is 0 Å². The van der Waals surface area contributed by atoms with Crippen LogP contribution in [0.2, 0.25) is 0 Å². The highest BCUT2D eigenvalue weighted by Gasteiger charge is 2.39. The molecule has 15 heavy (non-hydrogen) atoms. The van der Waals surface area contributed by atoms with Crippen LogP contribution in [-0.2, 0) is 19.0 Å². The fourth-order valence-electron chi connectivity index (χ4n) is 1.82.